The molecule has 0 spiro atoms. The molecule has 0 aliphatic carbocycles. The predicted octanol–water partition coefficient (Wildman–Crippen LogP) is 1.95. The summed E-state index contributed by atoms with van der Waals surface area (Å²) in [5.74, 6) is 0. The van der Waals surface area contributed by atoms with E-state index in [0.29, 0.717) is 6.04 Å². The molecule has 0 bridgehead atoms. The number of anilines is 1. The lowest BCUT2D eigenvalue weighted by Gasteiger charge is -2.00. The molecule has 2 rings (SSSR count). The van der Waals surface area contributed by atoms with Gasteiger partial charge >= 0.3 is 0 Å². The van der Waals surface area contributed by atoms with E-state index in [2.05, 4.69) is 12.2 Å². The zero-order chi connectivity index (χ0) is 9.42. The van der Waals surface area contributed by atoms with E-state index in [4.69, 9.17) is 0 Å². The van der Waals surface area contributed by atoms with E-state index < -0.39 is 0 Å². The molecule has 1 N–H and O–H groups in total. The lowest BCUT2D eigenvalue weighted by Crippen LogP contribution is -2.08. The molecule has 1 heterocycles. The van der Waals surface area contributed by atoms with Crippen molar-refractivity contribution in [3.63, 3.8) is 0 Å². The molecule has 1 aliphatic heterocycles. The standard InChI is InChI=1S/C9H10N2O2/c1-6-4-7-5-8(11(12)13)2-3-9(7)10-6/h2-3,5-6,10H,4H2,1H3/t6-/m1/s1. The van der Waals surface area contributed by atoms with Gasteiger partial charge in [-0.25, -0.2) is 0 Å². The van der Waals surface area contributed by atoms with E-state index in [9.17, 15) is 10.1 Å². The fourth-order valence-electron chi connectivity index (χ4n) is 1.65. The van der Waals surface area contributed by atoms with Gasteiger partial charge in [0.1, 0.15) is 0 Å². The van der Waals surface area contributed by atoms with E-state index in [0.717, 1.165) is 17.7 Å². The largest absolute Gasteiger partial charge is 0.382 e. The van der Waals surface area contributed by atoms with Gasteiger partial charge in [-0.1, -0.05) is 0 Å². The van der Waals surface area contributed by atoms with Crippen molar-refractivity contribution in [1.82, 2.24) is 0 Å². The maximum absolute atomic E-state index is 10.5. The van der Waals surface area contributed by atoms with Gasteiger partial charge in [0.05, 0.1) is 4.92 Å². The topological polar surface area (TPSA) is 55.2 Å². The molecule has 1 aromatic carbocycles. The van der Waals surface area contributed by atoms with Crippen molar-refractivity contribution in [2.75, 3.05) is 5.32 Å². The molecule has 1 atom stereocenters. The predicted molar refractivity (Wildman–Crippen MR) is 49.9 cm³/mol. The fourth-order valence-corrected chi connectivity index (χ4v) is 1.65. The van der Waals surface area contributed by atoms with E-state index in [-0.39, 0.29) is 10.6 Å². The summed E-state index contributed by atoms with van der Waals surface area (Å²) in [5, 5.41) is 13.7. The van der Waals surface area contributed by atoms with Gasteiger partial charge in [0.25, 0.3) is 5.69 Å². The molecule has 68 valence electrons. The van der Waals surface area contributed by atoms with Crippen LogP contribution in [0.3, 0.4) is 0 Å². The van der Waals surface area contributed by atoms with Gasteiger partial charge in [-0.05, 0) is 25.0 Å². The highest BCUT2D eigenvalue weighted by Gasteiger charge is 2.19. The summed E-state index contributed by atoms with van der Waals surface area (Å²) in [4.78, 5) is 10.1. The van der Waals surface area contributed by atoms with E-state index in [1.165, 1.54) is 6.07 Å². The summed E-state index contributed by atoms with van der Waals surface area (Å²) < 4.78 is 0. The van der Waals surface area contributed by atoms with Crippen LogP contribution in [-0.4, -0.2) is 11.0 Å². The minimum absolute atomic E-state index is 0.176. The Bertz CT molecular complexity index is 363. The molecule has 0 amide bonds. The van der Waals surface area contributed by atoms with Crippen LogP contribution in [0.1, 0.15) is 12.5 Å². The zero-order valence-electron chi connectivity index (χ0n) is 7.28. The fraction of sp³-hybridized carbons (Fsp3) is 0.333. The van der Waals surface area contributed by atoms with Crippen molar-refractivity contribution >= 4 is 11.4 Å². The van der Waals surface area contributed by atoms with Crippen LogP contribution in [-0.2, 0) is 6.42 Å². The van der Waals surface area contributed by atoms with Crippen LogP contribution in [0.15, 0.2) is 18.2 Å². The van der Waals surface area contributed by atoms with Crippen LogP contribution in [0.2, 0.25) is 0 Å². The van der Waals surface area contributed by atoms with Crippen LogP contribution in [0.25, 0.3) is 0 Å². The van der Waals surface area contributed by atoms with E-state index in [1.807, 2.05) is 0 Å². The maximum atomic E-state index is 10.5. The smallest absolute Gasteiger partial charge is 0.269 e. The summed E-state index contributed by atoms with van der Waals surface area (Å²) in [6.07, 6.45) is 0.872. The number of hydrogen-bond donors (Lipinski definition) is 1. The molecule has 0 aromatic heterocycles. The van der Waals surface area contributed by atoms with Gasteiger partial charge in [0.15, 0.2) is 0 Å². The summed E-state index contributed by atoms with van der Waals surface area (Å²) in [6.45, 7) is 2.06. The second-order valence-corrected chi connectivity index (χ2v) is 3.35. The Morgan fingerprint density at radius 1 is 1.62 bits per heavy atom. The first-order chi connectivity index (χ1) is 6.16. The Hall–Kier alpha value is -1.58. The number of rotatable bonds is 1. The number of hydrogen-bond acceptors (Lipinski definition) is 3. The van der Waals surface area contributed by atoms with Gasteiger partial charge in [0, 0.05) is 23.9 Å². The highest BCUT2D eigenvalue weighted by atomic mass is 16.6. The van der Waals surface area contributed by atoms with Crippen LogP contribution in [0.5, 0.6) is 0 Å². The molecular formula is C9H10N2O2. The number of nitro benzene ring substituents is 1. The van der Waals surface area contributed by atoms with Crippen LogP contribution < -0.4 is 5.32 Å². The number of fused-ring (bicyclic) bond motifs is 1. The Labute approximate surface area is 75.7 Å². The number of non-ortho nitro benzene ring substituents is 1. The van der Waals surface area contributed by atoms with Crippen molar-refractivity contribution in [3.05, 3.63) is 33.9 Å². The molecule has 0 fully saturated rings. The van der Waals surface area contributed by atoms with Crippen molar-refractivity contribution in [3.8, 4) is 0 Å². The summed E-state index contributed by atoms with van der Waals surface area (Å²) in [7, 11) is 0. The Kier molecular flexibility index (Phi) is 1.69. The normalized spacial score (nSPS) is 19.3. The first-order valence-corrected chi connectivity index (χ1v) is 4.20. The molecule has 0 saturated carbocycles. The van der Waals surface area contributed by atoms with Crippen molar-refractivity contribution in [1.29, 1.82) is 0 Å². The third-order valence-electron chi connectivity index (χ3n) is 2.23. The minimum atomic E-state index is -0.358. The second-order valence-electron chi connectivity index (χ2n) is 3.35. The summed E-state index contributed by atoms with van der Waals surface area (Å²) in [6, 6.07) is 5.34. The molecule has 4 heteroatoms. The summed E-state index contributed by atoms with van der Waals surface area (Å²) >= 11 is 0. The summed E-state index contributed by atoms with van der Waals surface area (Å²) in [5.41, 5.74) is 2.24. The third kappa shape index (κ3) is 1.35. The quantitative estimate of drug-likeness (QED) is 0.528. The molecular weight excluding hydrogens is 168 g/mol. The van der Waals surface area contributed by atoms with Gasteiger partial charge < -0.3 is 5.32 Å². The van der Waals surface area contributed by atoms with Crippen LogP contribution in [0, 0.1) is 10.1 Å². The monoisotopic (exact) mass is 178 g/mol. The van der Waals surface area contributed by atoms with E-state index >= 15 is 0 Å². The molecule has 0 radical (unpaired) electrons. The molecule has 1 aromatic rings. The molecule has 1 aliphatic rings. The average molecular weight is 178 g/mol. The van der Waals surface area contributed by atoms with Crippen LogP contribution in [0.4, 0.5) is 11.4 Å². The number of nitrogens with one attached hydrogen (secondary N) is 1. The number of nitro groups is 1. The Balaban J connectivity index is 2.40. The van der Waals surface area contributed by atoms with Crippen molar-refractivity contribution < 1.29 is 4.92 Å². The van der Waals surface area contributed by atoms with Gasteiger partial charge in [-0.2, -0.15) is 0 Å². The zero-order valence-corrected chi connectivity index (χ0v) is 7.28. The second kappa shape index (κ2) is 2.73. The third-order valence-corrected chi connectivity index (χ3v) is 2.23. The SMILES string of the molecule is C[C@@H]1Cc2cc([N+](=O)[O-])ccc2N1. The lowest BCUT2D eigenvalue weighted by atomic mass is 10.1. The van der Waals surface area contributed by atoms with Gasteiger partial charge in [-0.15, -0.1) is 0 Å². The minimum Gasteiger partial charge on any atom is -0.382 e. The maximum Gasteiger partial charge on any atom is 0.269 e. The molecule has 0 unspecified atom stereocenters. The number of nitrogens with zero attached hydrogens (tertiary/aromatic N) is 1. The van der Waals surface area contributed by atoms with Crippen LogP contribution >= 0.6 is 0 Å². The highest BCUT2D eigenvalue weighted by molar-refractivity contribution is 5.60. The molecule has 0 saturated heterocycles. The Morgan fingerprint density at radius 3 is 3.08 bits per heavy atom. The van der Waals surface area contributed by atoms with Crippen molar-refractivity contribution in [2.45, 2.75) is 19.4 Å². The number of benzene rings is 1. The average Bonchev–Trinajstić information content (AvgIpc) is 2.42. The molecule has 4 nitrogen and oxygen atoms in total. The first kappa shape index (κ1) is 8.04. The first-order valence-electron chi connectivity index (χ1n) is 4.20. The highest BCUT2D eigenvalue weighted by Crippen LogP contribution is 2.28. The Morgan fingerprint density at radius 2 is 2.38 bits per heavy atom. The van der Waals surface area contributed by atoms with Crippen molar-refractivity contribution in [2.24, 2.45) is 0 Å². The molecule has 13 heavy (non-hydrogen) atoms. The van der Waals surface area contributed by atoms with Gasteiger partial charge in [-0.3, -0.25) is 10.1 Å². The van der Waals surface area contributed by atoms with Gasteiger partial charge in [0.2, 0.25) is 0 Å². The lowest BCUT2D eigenvalue weighted by molar-refractivity contribution is -0.384. The van der Waals surface area contributed by atoms with E-state index in [1.54, 1.807) is 12.1 Å².